The van der Waals surface area contributed by atoms with Crippen LogP contribution in [0.15, 0.2) is 0 Å². The van der Waals surface area contributed by atoms with E-state index in [0.29, 0.717) is 13.1 Å². The van der Waals surface area contributed by atoms with Crippen LogP contribution in [-0.2, 0) is 4.79 Å². The Balaban J connectivity index is 1.91. The second-order valence-electron chi connectivity index (χ2n) is 4.13. The summed E-state index contributed by atoms with van der Waals surface area (Å²) < 4.78 is 0. The third-order valence-electron chi connectivity index (χ3n) is 2.94. The van der Waals surface area contributed by atoms with Gasteiger partial charge >= 0.3 is 0 Å². The molecule has 1 aliphatic carbocycles. The molecule has 2 atom stereocenters. The Morgan fingerprint density at radius 3 is 2.86 bits per heavy atom. The summed E-state index contributed by atoms with van der Waals surface area (Å²) >= 11 is 0. The van der Waals surface area contributed by atoms with Crippen LogP contribution in [-0.4, -0.2) is 30.6 Å². The normalized spacial score (nSPS) is 33.4. The molecule has 1 saturated heterocycles. The molecule has 1 aliphatic heterocycles. The van der Waals surface area contributed by atoms with Gasteiger partial charge in [-0.25, -0.2) is 0 Å². The number of nitriles is 1. The van der Waals surface area contributed by atoms with Crippen LogP contribution in [0.25, 0.3) is 0 Å². The van der Waals surface area contributed by atoms with Crippen molar-refractivity contribution < 1.29 is 4.79 Å². The number of amides is 1. The number of carbonyl (C=O) groups is 1. The summed E-state index contributed by atoms with van der Waals surface area (Å²) in [6.45, 7) is 1.32. The molecule has 14 heavy (non-hydrogen) atoms. The van der Waals surface area contributed by atoms with Crippen LogP contribution < -0.4 is 16.4 Å². The van der Waals surface area contributed by atoms with Gasteiger partial charge in [-0.1, -0.05) is 0 Å². The van der Waals surface area contributed by atoms with Crippen molar-refractivity contribution in [2.24, 2.45) is 11.7 Å². The summed E-state index contributed by atoms with van der Waals surface area (Å²) in [5, 5.41) is 14.7. The van der Waals surface area contributed by atoms with E-state index in [0.717, 1.165) is 12.8 Å². The average Bonchev–Trinajstić information content (AvgIpc) is 2.78. The molecule has 1 saturated carbocycles. The predicted molar refractivity (Wildman–Crippen MR) is 50.1 cm³/mol. The molecule has 5 nitrogen and oxygen atoms in total. The van der Waals surface area contributed by atoms with Gasteiger partial charge in [-0.05, 0) is 12.8 Å². The van der Waals surface area contributed by atoms with Crippen molar-refractivity contribution in [2.45, 2.75) is 24.4 Å². The van der Waals surface area contributed by atoms with E-state index in [9.17, 15) is 4.79 Å². The Bertz CT molecular complexity index is 292. The minimum atomic E-state index is -0.636. The molecule has 0 spiro atoms. The van der Waals surface area contributed by atoms with Gasteiger partial charge in [0.25, 0.3) is 0 Å². The third-order valence-corrected chi connectivity index (χ3v) is 2.94. The van der Waals surface area contributed by atoms with Gasteiger partial charge in [0, 0.05) is 13.1 Å². The van der Waals surface area contributed by atoms with Gasteiger partial charge in [0.15, 0.2) is 0 Å². The monoisotopic (exact) mass is 194 g/mol. The highest BCUT2D eigenvalue weighted by Crippen LogP contribution is 2.32. The lowest BCUT2D eigenvalue weighted by Crippen LogP contribution is -2.49. The fraction of sp³-hybridized carbons (Fsp3) is 0.778. The second-order valence-corrected chi connectivity index (χ2v) is 4.13. The topological polar surface area (TPSA) is 90.9 Å². The van der Waals surface area contributed by atoms with Crippen molar-refractivity contribution in [1.82, 2.24) is 10.6 Å². The van der Waals surface area contributed by atoms with Crippen molar-refractivity contribution in [3.63, 3.8) is 0 Å². The lowest BCUT2D eigenvalue weighted by Gasteiger charge is -2.17. The molecule has 2 unspecified atom stereocenters. The molecular weight excluding hydrogens is 180 g/mol. The zero-order valence-corrected chi connectivity index (χ0v) is 7.92. The fourth-order valence-electron chi connectivity index (χ4n) is 1.64. The number of nitrogens with two attached hydrogens (primary N) is 1. The van der Waals surface area contributed by atoms with E-state index in [-0.39, 0.29) is 17.9 Å². The smallest absolute Gasteiger partial charge is 0.240 e. The van der Waals surface area contributed by atoms with E-state index in [1.807, 2.05) is 0 Å². The Kier molecular flexibility index (Phi) is 2.17. The first-order valence-electron chi connectivity index (χ1n) is 4.86. The Hall–Kier alpha value is -1.12. The zero-order chi connectivity index (χ0) is 10.2. The van der Waals surface area contributed by atoms with Crippen LogP contribution in [0.5, 0.6) is 0 Å². The van der Waals surface area contributed by atoms with Crippen LogP contribution in [0, 0.1) is 17.2 Å². The van der Waals surface area contributed by atoms with Crippen molar-refractivity contribution in [3.05, 3.63) is 0 Å². The molecule has 5 heteroatoms. The lowest BCUT2D eigenvalue weighted by molar-refractivity contribution is -0.124. The van der Waals surface area contributed by atoms with Gasteiger partial charge in [0.1, 0.15) is 0 Å². The molecule has 1 heterocycles. The number of nitrogens with one attached hydrogen (secondary N) is 2. The first kappa shape index (κ1) is 9.44. The van der Waals surface area contributed by atoms with Crippen LogP contribution in [0.4, 0.5) is 0 Å². The molecule has 76 valence electrons. The van der Waals surface area contributed by atoms with Gasteiger partial charge in [-0.15, -0.1) is 0 Å². The Morgan fingerprint density at radius 2 is 2.29 bits per heavy atom. The number of hydrogen-bond acceptors (Lipinski definition) is 4. The minimum Gasteiger partial charge on any atom is -0.349 e. The van der Waals surface area contributed by atoms with E-state index in [1.54, 1.807) is 0 Å². The number of rotatable bonds is 2. The van der Waals surface area contributed by atoms with Crippen molar-refractivity contribution in [2.75, 3.05) is 13.1 Å². The van der Waals surface area contributed by atoms with Crippen molar-refractivity contribution >= 4 is 5.91 Å². The van der Waals surface area contributed by atoms with Crippen molar-refractivity contribution in [3.8, 4) is 6.07 Å². The molecule has 1 amide bonds. The first-order valence-corrected chi connectivity index (χ1v) is 4.86. The average molecular weight is 194 g/mol. The second kappa shape index (κ2) is 3.23. The molecular formula is C9H14N4O. The number of carbonyl (C=O) groups excluding carboxylic acids is 1. The summed E-state index contributed by atoms with van der Waals surface area (Å²) in [7, 11) is 0. The van der Waals surface area contributed by atoms with E-state index in [1.165, 1.54) is 0 Å². The molecule has 0 aromatic heterocycles. The van der Waals surface area contributed by atoms with Gasteiger partial charge in [-0.3, -0.25) is 4.79 Å². The molecule has 0 radical (unpaired) electrons. The molecule has 4 N–H and O–H groups in total. The highest BCUT2D eigenvalue weighted by Gasteiger charge is 2.47. The predicted octanol–water partition coefficient (Wildman–Crippen LogP) is -1.29. The van der Waals surface area contributed by atoms with Crippen LogP contribution in [0.1, 0.15) is 12.8 Å². The fourth-order valence-corrected chi connectivity index (χ4v) is 1.64. The van der Waals surface area contributed by atoms with Crippen LogP contribution in [0.3, 0.4) is 0 Å². The minimum absolute atomic E-state index is 0.0754. The summed E-state index contributed by atoms with van der Waals surface area (Å²) in [5.41, 5.74) is 5.10. The van der Waals surface area contributed by atoms with E-state index >= 15 is 0 Å². The molecule has 2 rings (SSSR count). The standard InChI is InChI=1S/C9H14N4O/c10-3-6-4-12-5-7(6)13-8(14)9(11)1-2-9/h6-7,12H,1-2,4-5,11H2,(H,13,14). The van der Waals surface area contributed by atoms with E-state index in [4.69, 9.17) is 11.0 Å². The highest BCUT2D eigenvalue weighted by molar-refractivity contribution is 5.89. The van der Waals surface area contributed by atoms with Gasteiger partial charge in [0.05, 0.1) is 23.6 Å². The molecule has 2 fully saturated rings. The largest absolute Gasteiger partial charge is 0.349 e. The summed E-state index contributed by atoms with van der Waals surface area (Å²) in [4.78, 5) is 11.6. The number of hydrogen-bond donors (Lipinski definition) is 3. The number of nitrogens with zero attached hydrogens (tertiary/aromatic N) is 1. The van der Waals surface area contributed by atoms with E-state index in [2.05, 4.69) is 16.7 Å². The van der Waals surface area contributed by atoms with Gasteiger partial charge in [-0.2, -0.15) is 5.26 Å². The maximum Gasteiger partial charge on any atom is 0.240 e. The van der Waals surface area contributed by atoms with E-state index < -0.39 is 5.54 Å². The third kappa shape index (κ3) is 1.59. The molecule has 2 aliphatic rings. The quantitative estimate of drug-likeness (QED) is 0.510. The van der Waals surface area contributed by atoms with Crippen LogP contribution in [0.2, 0.25) is 0 Å². The Labute approximate surface area is 82.6 Å². The summed E-state index contributed by atoms with van der Waals surface area (Å²) in [6, 6.07) is 2.10. The van der Waals surface area contributed by atoms with Gasteiger partial charge < -0.3 is 16.4 Å². The molecule has 0 aromatic rings. The van der Waals surface area contributed by atoms with Crippen molar-refractivity contribution in [1.29, 1.82) is 5.26 Å². The SMILES string of the molecule is N#CC1CNCC1NC(=O)C1(N)CC1. The maximum atomic E-state index is 11.6. The maximum absolute atomic E-state index is 11.6. The summed E-state index contributed by atoms with van der Waals surface area (Å²) in [5.74, 6) is -0.229. The Morgan fingerprint density at radius 1 is 1.57 bits per heavy atom. The lowest BCUT2D eigenvalue weighted by atomic mass is 10.1. The molecule has 0 aromatic carbocycles. The zero-order valence-electron chi connectivity index (χ0n) is 7.92. The first-order chi connectivity index (χ1) is 6.65. The van der Waals surface area contributed by atoms with Crippen LogP contribution >= 0.6 is 0 Å². The highest BCUT2D eigenvalue weighted by atomic mass is 16.2. The summed E-state index contributed by atoms with van der Waals surface area (Å²) in [6.07, 6.45) is 1.52. The molecule has 0 bridgehead atoms. The van der Waals surface area contributed by atoms with Gasteiger partial charge in [0.2, 0.25) is 5.91 Å².